The van der Waals surface area contributed by atoms with E-state index in [0.29, 0.717) is 0 Å². The highest BCUT2D eigenvalue weighted by Gasteiger charge is 2.29. The molecule has 64 valence electrons. The van der Waals surface area contributed by atoms with Crippen molar-refractivity contribution in [2.75, 3.05) is 5.88 Å². The molecule has 1 aliphatic rings. The van der Waals surface area contributed by atoms with E-state index in [-0.39, 0.29) is 17.9 Å². The van der Waals surface area contributed by atoms with E-state index in [9.17, 15) is 9.00 Å². The van der Waals surface area contributed by atoms with Gasteiger partial charge >= 0.3 is 6.03 Å². The third-order valence-electron chi connectivity index (χ3n) is 1.51. The van der Waals surface area contributed by atoms with Gasteiger partial charge in [-0.25, -0.2) is 9.00 Å². The van der Waals surface area contributed by atoms with Gasteiger partial charge in [-0.1, -0.05) is 0 Å². The van der Waals surface area contributed by atoms with Crippen LogP contribution in [0.2, 0.25) is 0 Å². The van der Waals surface area contributed by atoms with Crippen LogP contribution in [0.15, 0.2) is 0 Å². The molecule has 1 fully saturated rings. The van der Waals surface area contributed by atoms with Gasteiger partial charge in [-0.2, -0.15) is 0 Å². The fourth-order valence-corrected chi connectivity index (χ4v) is 2.28. The van der Waals surface area contributed by atoms with Gasteiger partial charge in [-0.15, -0.1) is 0 Å². The van der Waals surface area contributed by atoms with Crippen molar-refractivity contribution < 1.29 is 9.00 Å². The van der Waals surface area contributed by atoms with Gasteiger partial charge in [0.25, 0.3) is 0 Å². The third-order valence-corrected chi connectivity index (χ3v) is 2.75. The van der Waals surface area contributed by atoms with Crippen molar-refractivity contribution in [2.45, 2.75) is 19.9 Å². The highest BCUT2D eigenvalue weighted by Crippen LogP contribution is 2.08. The van der Waals surface area contributed by atoms with Crippen molar-refractivity contribution in [1.29, 1.82) is 0 Å². The highest BCUT2D eigenvalue weighted by molar-refractivity contribution is 7.99. The van der Waals surface area contributed by atoms with Crippen LogP contribution in [0.5, 0.6) is 0 Å². The van der Waals surface area contributed by atoms with E-state index in [4.69, 9.17) is 0 Å². The molecule has 11 heavy (non-hydrogen) atoms. The molecule has 4 nitrogen and oxygen atoms in total. The lowest BCUT2D eigenvalue weighted by molar-refractivity contribution is 0.206. The maximum Gasteiger partial charge on any atom is 0.329 e. The van der Waals surface area contributed by atoms with E-state index in [1.165, 1.54) is 4.90 Å². The molecule has 0 aliphatic carbocycles. The van der Waals surface area contributed by atoms with E-state index in [1.807, 2.05) is 13.8 Å². The Morgan fingerprint density at radius 2 is 2.27 bits per heavy atom. The minimum absolute atomic E-state index is 0.0834. The fraction of sp³-hybridized carbons (Fsp3) is 0.667. The molecule has 0 radical (unpaired) electrons. The monoisotopic (exact) mass is 176 g/mol. The first-order valence-electron chi connectivity index (χ1n) is 3.35. The highest BCUT2D eigenvalue weighted by atomic mass is 32.2. The average molecular weight is 176 g/mol. The van der Waals surface area contributed by atoms with Gasteiger partial charge < -0.3 is 4.90 Å². The molecule has 1 saturated heterocycles. The van der Waals surface area contributed by atoms with Gasteiger partial charge in [-0.05, 0) is 19.7 Å². The minimum atomic E-state index is -2.36. The molecule has 1 aliphatic heterocycles. The molecule has 1 rings (SSSR count). The summed E-state index contributed by atoms with van der Waals surface area (Å²) in [4.78, 5) is 12.5. The summed E-state index contributed by atoms with van der Waals surface area (Å²) in [6.45, 7) is 3.75. The Bertz CT molecular complexity index is 268. The largest absolute Gasteiger partial charge is 0.329 e. The minimum Gasteiger partial charge on any atom is -0.309 e. The second-order valence-electron chi connectivity index (χ2n) is 2.91. The number of nitrogens with one attached hydrogen (secondary N) is 1. The molecular formula is C6H12N2O2S. The Kier molecular flexibility index (Phi) is 1.83. The van der Waals surface area contributed by atoms with Crippen molar-refractivity contribution in [1.82, 2.24) is 9.62 Å². The fourth-order valence-electron chi connectivity index (χ4n) is 0.917. The van der Waals surface area contributed by atoms with Crippen LogP contribution >= 0.6 is 0 Å². The Morgan fingerprint density at radius 1 is 1.73 bits per heavy atom. The number of hydrogen-bond acceptors (Lipinski definition) is 2. The lowest BCUT2D eigenvalue weighted by Crippen LogP contribution is -2.33. The lowest BCUT2D eigenvalue weighted by Gasteiger charge is -2.16. The molecule has 0 saturated carbocycles. The first kappa shape index (κ1) is 8.39. The molecule has 0 aromatic carbocycles. The summed E-state index contributed by atoms with van der Waals surface area (Å²) < 4.78 is 13.6. The zero-order valence-electron chi connectivity index (χ0n) is 6.66. The summed E-state index contributed by atoms with van der Waals surface area (Å²) in [5.74, 6) is 3.63. The van der Waals surface area contributed by atoms with Crippen molar-refractivity contribution in [3.05, 3.63) is 0 Å². The summed E-state index contributed by atoms with van der Waals surface area (Å²) >= 11 is 0. The predicted octanol–water partition coefficient (Wildman–Crippen LogP) is 0.00890. The van der Waals surface area contributed by atoms with Gasteiger partial charge in [0.1, 0.15) is 5.88 Å². The summed E-state index contributed by atoms with van der Waals surface area (Å²) in [5, 5.41) is 0. The Balaban J connectivity index is 2.83. The van der Waals surface area contributed by atoms with Crippen LogP contribution in [-0.2, 0) is 9.71 Å². The Morgan fingerprint density at radius 3 is 2.45 bits per heavy atom. The number of amides is 2. The number of nitrogens with zero attached hydrogens (tertiary/aromatic N) is 1. The van der Waals surface area contributed by atoms with Crippen molar-refractivity contribution in [2.24, 2.45) is 0 Å². The van der Waals surface area contributed by atoms with Gasteiger partial charge in [-0.3, -0.25) is 4.72 Å². The normalized spacial score (nSPS) is 31.2. The SMILES string of the molecule is C=S1(=O)CN(C(C)C)C(=O)N1. The smallest absolute Gasteiger partial charge is 0.309 e. The van der Waals surface area contributed by atoms with Crippen molar-refractivity contribution >= 4 is 21.6 Å². The third kappa shape index (κ3) is 1.65. The van der Waals surface area contributed by atoms with Gasteiger partial charge in [0.15, 0.2) is 0 Å². The summed E-state index contributed by atoms with van der Waals surface area (Å²) in [6.07, 6.45) is 0. The number of hydrogen-bond donors (Lipinski definition) is 1. The summed E-state index contributed by atoms with van der Waals surface area (Å²) in [5.41, 5.74) is 0. The molecule has 1 heterocycles. The van der Waals surface area contributed by atoms with Crippen LogP contribution in [-0.4, -0.2) is 32.9 Å². The predicted molar refractivity (Wildman–Crippen MR) is 45.6 cm³/mol. The topological polar surface area (TPSA) is 49.4 Å². The molecule has 0 spiro atoms. The molecule has 1 atom stereocenters. The van der Waals surface area contributed by atoms with Crippen LogP contribution < -0.4 is 4.72 Å². The van der Waals surface area contributed by atoms with Crippen LogP contribution in [0.1, 0.15) is 13.8 Å². The van der Waals surface area contributed by atoms with E-state index in [1.54, 1.807) is 0 Å². The van der Waals surface area contributed by atoms with Gasteiger partial charge in [0, 0.05) is 6.04 Å². The molecule has 1 unspecified atom stereocenters. The Hall–Kier alpha value is -0.710. The quantitative estimate of drug-likeness (QED) is 0.572. The number of carbonyl (C=O) groups is 1. The standard InChI is InChI=1S/C6H12N2O2S/c1-5(2)8-4-11(3,10)7-6(8)9/h5H,3-4H2,1-2H3,(H,7,9,10). The van der Waals surface area contributed by atoms with Gasteiger partial charge in [0.05, 0.1) is 9.71 Å². The maximum atomic E-state index is 11.2. The maximum absolute atomic E-state index is 11.2. The molecule has 1 N–H and O–H groups in total. The molecule has 5 heteroatoms. The number of urea groups is 1. The zero-order valence-corrected chi connectivity index (χ0v) is 7.48. The van der Waals surface area contributed by atoms with Gasteiger partial charge in [0.2, 0.25) is 0 Å². The lowest BCUT2D eigenvalue weighted by atomic mass is 10.4. The first-order chi connectivity index (χ1) is 4.92. The average Bonchev–Trinajstić information content (AvgIpc) is 2.05. The Labute approximate surface area is 66.7 Å². The molecule has 0 bridgehead atoms. The molecule has 0 aromatic heterocycles. The van der Waals surface area contributed by atoms with E-state index < -0.39 is 9.71 Å². The van der Waals surface area contributed by atoms with E-state index >= 15 is 0 Å². The van der Waals surface area contributed by atoms with Crippen molar-refractivity contribution in [3.8, 4) is 0 Å². The molecule has 2 amide bonds. The van der Waals surface area contributed by atoms with Crippen LogP contribution in [0.3, 0.4) is 0 Å². The van der Waals surface area contributed by atoms with Crippen LogP contribution in [0.25, 0.3) is 0 Å². The van der Waals surface area contributed by atoms with Crippen LogP contribution in [0, 0.1) is 0 Å². The number of carbonyl (C=O) groups excluding carboxylic acids is 1. The summed E-state index contributed by atoms with van der Waals surface area (Å²) in [6, 6.07) is -0.194. The molecule has 0 aromatic rings. The van der Waals surface area contributed by atoms with E-state index in [0.717, 1.165) is 0 Å². The first-order valence-corrected chi connectivity index (χ1v) is 5.25. The zero-order chi connectivity index (χ0) is 8.65. The molecular weight excluding hydrogens is 164 g/mol. The van der Waals surface area contributed by atoms with E-state index in [2.05, 4.69) is 10.6 Å². The second-order valence-corrected chi connectivity index (χ2v) is 5.00. The number of rotatable bonds is 1. The van der Waals surface area contributed by atoms with Crippen LogP contribution in [0.4, 0.5) is 4.79 Å². The second kappa shape index (κ2) is 2.41. The van der Waals surface area contributed by atoms with Crippen molar-refractivity contribution in [3.63, 3.8) is 0 Å². The summed E-state index contributed by atoms with van der Waals surface area (Å²) in [7, 11) is -2.36.